The van der Waals surface area contributed by atoms with Crippen molar-refractivity contribution in [2.75, 3.05) is 11.1 Å². The van der Waals surface area contributed by atoms with E-state index in [1.807, 2.05) is 0 Å². The van der Waals surface area contributed by atoms with Crippen molar-refractivity contribution in [3.8, 4) is 0 Å². The summed E-state index contributed by atoms with van der Waals surface area (Å²) in [4.78, 5) is 34.7. The van der Waals surface area contributed by atoms with Gasteiger partial charge in [-0.15, -0.1) is 11.8 Å². The summed E-state index contributed by atoms with van der Waals surface area (Å²) in [6.45, 7) is 1.47. The van der Waals surface area contributed by atoms with Crippen LogP contribution in [0, 0.1) is 10.1 Å². The molecule has 2 aromatic carbocycles. The number of ether oxygens (including phenoxy) is 1. The number of nitro benzene ring substituents is 1. The number of carbonyl (C=O) groups excluding carboxylic acids is 2. The van der Waals surface area contributed by atoms with Gasteiger partial charge in [0.2, 0.25) is 0 Å². The highest BCUT2D eigenvalue weighted by atomic mass is 35.5. The highest BCUT2D eigenvalue weighted by molar-refractivity contribution is 8.00. The molecule has 0 bridgehead atoms. The molecule has 2 rings (SSSR count). The third-order valence-corrected chi connectivity index (χ3v) is 4.43. The number of amides is 1. The van der Waals surface area contributed by atoms with Crippen LogP contribution in [0.5, 0.6) is 0 Å². The van der Waals surface area contributed by atoms with Gasteiger partial charge in [-0.1, -0.05) is 11.6 Å². The van der Waals surface area contributed by atoms with Gasteiger partial charge in [0.15, 0.2) is 6.10 Å². The minimum Gasteiger partial charge on any atom is -0.452 e. The Morgan fingerprint density at radius 3 is 2.38 bits per heavy atom. The summed E-state index contributed by atoms with van der Waals surface area (Å²) < 4.78 is 5.09. The second kappa shape index (κ2) is 9.21. The zero-order valence-corrected chi connectivity index (χ0v) is 15.3. The van der Waals surface area contributed by atoms with Crippen molar-refractivity contribution in [1.29, 1.82) is 0 Å². The summed E-state index contributed by atoms with van der Waals surface area (Å²) in [5.41, 5.74) is 0.520. The third kappa shape index (κ3) is 6.05. The summed E-state index contributed by atoms with van der Waals surface area (Å²) >= 11 is 6.94. The van der Waals surface area contributed by atoms with E-state index < -0.39 is 22.9 Å². The van der Waals surface area contributed by atoms with Crippen LogP contribution in [-0.2, 0) is 14.3 Å². The summed E-state index contributed by atoms with van der Waals surface area (Å²) in [6, 6.07) is 12.4. The average molecular weight is 395 g/mol. The summed E-state index contributed by atoms with van der Waals surface area (Å²) in [7, 11) is 0. The van der Waals surface area contributed by atoms with Crippen molar-refractivity contribution < 1.29 is 19.2 Å². The number of thioether (sulfide) groups is 1. The molecule has 1 amide bonds. The molecule has 0 unspecified atom stereocenters. The molecule has 1 N–H and O–H groups in total. The predicted octanol–water partition coefficient (Wildman–Crippen LogP) is 3.91. The number of halogens is 1. The Morgan fingerprint density at radius 1 is 1.19 bits per heavy atom. The molecule has 2 aromatic rings. The fraction of sp³-hybridized carbons (Fsp3) is 0.176. The fourth-order valence-electron chi connectivity index (χ4n) is 1.87. The molecule has 0 radical (unpaired) electrons. The van der Waals surface area contributed by atoms with Gasteiger partial charge < -0.3 is 10.1 Å². The van der Waals surface area contributed by atoms with Crippen LogP contribution < -0.4 is 5.32 Å². The van der Waals surface area contributed by atoms with Crippen LogP contribution in [0.1, 0.15) is 6.92 Å². The van der Waals surface area contributed by atoms with Crippen molar-refractivity contribution in [3.05, 3.63) is 63.7 Å². The van der Waals surface area contributed by atoms with Gasteiger partial charge >= 0.3 is 5.97 Å². The van der Waals surface area contributed by atoms with Gasteiger partial charge in [-0.05, 0) is 43.3 Å². The Balaban J connectivity index is 1.79. The lowest BCUT2D eigenvalue weighted by atomic mass is 10.3. The highest BCUT2D eigenvalue weighted by Crippen LogP contribution is 2.21. The average Bonchev–Trinajstić information content (AvgIpc) is 2.62. The summed E-state index contributed by atoms with van der Waals surface area (Å²) in [5.74, 6) is -1.04. The topological polar surface area (TPSA) is 98.5 Å². The maximum Gasteiger partial charge on any atom is 0.317 e. The third-order valence-electron chi connectivity index (χ3n) is 3.19. The van der Waals surface area contributed by atoms with E-state index in [1.54, 1.807) is 36.4 Å². The lowest BCUT2D eigenvalue weighted by Gasteiger charge is -2.13. The molecule has 7 nitrogen and oxygen atoms in total. The van der Waals surface area contributed by atoms with E-state index in [4.69, 9.17) is 16.3 Å². The van der Waals surface area contributed by atoms with Crippen LogP contribution >= 0.6 is 23.4 Å². The molecule has 136 valence electrons. The van der Waals surface area contributed by atoms with Gasteiger partial charge in [0.25, 0.3) is 11.6 Å². The Hall–Kier alpha value is -2.58. The molecule has 9 heteroatoms. The number of benzene rings is 2. The van der Waals surface area contributed by atoms with Gasteiger partial charge in [-0.25, -0.2) is 0 Å². The molecule has 0 aliphatic carbocycles. The Kier molecular flexibility index (Phi) is 6.99. The van der Waals surface area contributed by atoms with Crippen LogP contribution in [-0.4, -0.2) is 28.7 Å². The van der Waals surface area contributed by atoms with Crippen molar-refractivity contribution in [2.24, 2.45) is 0 Å². The minimum absolute atomic E-state index is 0.0175. The zero-order valence-electron chi connectivity index (χ0n) is 13.7. The van der Waals surface area contributed by atoms with Gasteiger partial charge in [0, 0.05) is 27.7 Å². The largest absolute Gasteiger partial charge is 0.452 e. The molecule has 0 saturated carbocycles. The van der Waals surface area contributed by atoms with Crippen LogP contribution in [0.2, 0.25) is 5.02 Å². The zero-order chi connectivity index (χ0) is 19.1. The van der Waals surface area contributed by atoms with E-state index in [0.29, 0.717) is 15.6 Å². The normalized spacial score (nSPS) is 11.5. The summed E-state index contributed by atoms with van der Waals surface area (Å²) in [6.07, 6.45) is -0.962. The molecular weight excluding hydrogens is 380 g/mol. The first kappa shape index (κ1) is 19.7. The highest BCUT2D eigenvalue weighted by Gasteiger charge is 2.18. The maximum absolute atomic E-state index is 12.0. The molecule has 26 heavy (non-hydrogen) atoms. The van der Waals surface area contributed by atoms with E-state index >= 15 is 0 Å². The molecular formula is C17H15ClN2O5S. The fourth-order valence-corrected chi connectivity index (χ4v) is 2.68. The first-order valence-corrected chi connectivity index (χ1v) is 8.84. The Labute approximate surface area is 158 Å². The Morgan fingerprint density at radius 2 is 1.81 bits per heavy atom. The SMILES string of the molecule is C[C@H](OC(=O)CSc1ccc([N+](=O)[O-])cc1)C(=O)Nc1ccc(Cl)cc1. The molecule has 0 aliphatic heterocycles. The van der Waals surface area contributed by atoms with E-state index in [1.165, 1.54) is 19.1 Å². The van der Waals surface area contributed by atoms with Crippen LogP contribution in [0.25, 0.3) is 0 Å². The molecule has 0 aliphatic rings. The van der Waals surface area contributed by atoms with E-state index in [-0.39, 0.29) is 11.4 Å². The number of anilines is 1. The molecule has 0 spiro atoms. The molecule has 0 fully saturated rings. The van der Waals surface area contributed by atoms with Crippen LogP contribution in [0.15, 0.2) is 53.4 Å². The Bertz CT molecular complexity index is 796. The van der Waals surface area contributed by atoms with Crippen LogP contribution in [0.3, 0.4) is 0 Å². The van der Waals surface area contributed by atoms with Crippen molar-refractivity contribution in [2.45, 2.75) is 17.9 Å². The van der Waals surface area contributed by atoms with E-state index in [0.717, 1.165) is 11.8 Å². The molecule has 0 heterocycles. The van der Waals surface area contributed by atoms with Gasteiger partial charge in [0.1, 0.15) is 0 Å². The van der Waals surface area contributed by atoms with Crippen molar-refractivity contribution in [1.82, 2.24) is 0 Å². The molecule has 1 atom stereocenters. The quantitative estimate of drug-likeness (QED) is 0.331. The first-order chi connectivity index (χ1) is 12.3. The van der Waals surface area contributed by atoms with E-state index in [2.05, 4.69) is 5.32 Å². The van der Waals surface area contributed by atoms with Crippen molar-refractivity contribution >= 4 is 46.6 Å². The number of hydrogen-bond acceptors (Lipinski definition) is 6. The number of nitrogens with one attached hydrogen (secondary N) is 1. The van der Waals surface area contributed by atoms with E-state index in [9.17, 15) is 19.7 Å². The maximum atomic E-state index is 12.0. The van der Waals surface area contributed by atoms with Gasteiger partial charge in [-0.2, -0.15) is 0 Å². The number of rotatable bonds is 7. The molecule has 0 aromatic heterocycles. The second-order valence-corrected chi connectivity index (χ2v) is 6.65. The number of non-ortho nitro benzene ring substituents is 1. The number of nitro groups is 1. The number of esters is 1. The lowest BCUT2D eigenvalue weighted by Crippen LogP contribution is -2.30. The first-order valence-electron chi connectivity index (χ1n) is 7.48. The lowest BCUT2D eigenvalue weighted by molar-refractivity contribution is -0.384. The van der Waals surface area contributed by atoms with Crippen molar-refractivity contribution in [3.63, 3.8) is 0 Å². The standard InChI is InChI=1S/C17H15ClN2O5S/c1-11(17(22)19-13-4-2-12(18)3-5-13)25-16(21)10-26-15-8-6-14(7-9-15)20(23)24/h2-9,11H,10H2,1H3,(H,19,22)/t11-/m0/s1. The predicted molar refractivity (Wildman–Crippen MR) is 99.5 cm³/mol. The smallest absolute Gasteiger partial charge is 0.317 e. The number of carbonyl (C=O) groups is 2. The molecule has 0 saturated heterocycles. The summed E-state index contributed by atoms with van der Waals surface area (Å²) in [5, 5.41) is 13.8. The second-order valence-electron chi connectivity index (χ2n) is 5.17. The van der Waals surface area contributed by atoms with Gasteiger partial charge in [-0.3, -0.25) is 19.7 Å². The number of nitrogens with zero attached hydrogens (tertiary/aromatic N) is 1. The number of hydrogen-bond donors (Lipinski definition) is 1. The minimum atomic E-state index is -0.962. The van der Waals surface area contributed by atoms with Crippen LogP contribution in [0.4, 0.5) is 11.4 Å². The monoisotopic (exact) mass is 394 g/mol. The van der Waals surface area contributed by atoms with Gasteiger partial charge in [0.05, 0.1) is 10.7 Å².